The number of para-hydroxylation sites is 2. The Morgan fingerprint density at radius 1 is 1.23 bits per heavy atom. The molecule has 2 aromatic rings. The lowest BCUT2D eigenvalue weighted by molar-refractivity contribution is -0.121. The van der Waals surface area contributed by atoms with Crippen LogP contribution in [0.3, 0.4) is 0 Å². The number of guanidine groups is 1. The third kappa shape index (κ3) is 7.30. The van der Waals surface area contributed by atoms with Crippen LogP contribution in [0.4, 0.5) is 5.69 Å². The number of fused-ring (bicyclic) bond motifs is 1. The van der Waals surface area contributed by atoms with E-state index in [0.717, 1.165) is 23.6 Å². The smallest absolute Gasteiger partial charge is 0.265 e. The number of aliphatic imine (C=N–C) groups is 1. The zero-order valence-corrected chi connectivity index (χ0v) is 20.6. The highest BCUT2D eigenvalue weighted by Gasteiger charge is 2.24. The number of nitrogens with one attached hydrogen (secondary N) is 2. The second-order valence-corrected chi connectivity index (χ2v) is 7.28. The van der Waals surface area contributed by atoms with Crippen molar-refractivity contribution in [1.82, 2.24) is 10.6 Å². The Bertz CT molecular complexity index is 891. The first-order chi connectivity index (χ1) is 14.6. The molecule has 2 N–H and O–H groups in total. The van der Waals surface area contributed by atoms with Crippen LogP contribution in [0.15, 0.2) is 53.5 Å². The van der Waals surface area contributed by atoms with Crippen molar-refractivity contribution in [2.75, 3.05) is 38.2 Å². The SMILES string of the molecule is CN=C(NCCCN1C(=O)COc2ccccc21)NCC(C)Oc1cccc(C)c1.I. The van der Waals surface area contributed by atoms with Gasteiger partial charge in [-0.05, 0) is 50.1 Å². The molecule has 0 saturated heterocycles. The molecule has 168 valence electrons. The Morgan fingerprint density at radius 3 is 2.81 bits per heavy atom. The van der Waals surface area contributed by atoms with Crippen LogP contribution in [0.5, 0.6) is 11.5 Å². The molecule has 0 saturated carbocycles. The quantitative estimate of drug-likeness (QED) is 0.234. The van der Waals surface area contributed by atoms with E-state index in [1.165, 1.54) is 5.56 Å². The van der Waals surface area contributed by atoms with Crippen LogP contribution in [0, 0.1) is 6.92 Å². The molecule has 0 spiro atoms. The van der Waals surface area contributed by atoms with Gasteiger partial charge in [0.2, 0.25) is 0 Å². The Morgan fingerprint density at radius 2 is 2.03 bits per heavy atom. The summed E-state index contributed by atoms with van der Waals surface area (Å²) in [4.78, 5) is 18.3. The number of hydrogen-bond donors (Lipinski definition) is 2. The standard InChI is InChI=1S/C23H30N4O3.HI/c1-17-8-6-9-19(14-17)30-18(2)15-26-23(24-3)25-12-7-13-27-20-10-4-5-11-21(20)29-16-22(27)28;/h4-6,8-11,14,18H,7,12-13,15-16H2,1-3H3,(H2,24,25,26);1H. The minimum atomic E-state index is -0.0154. The van der Waals surface area contributed by atoms with Crippen LogP contribution >= 0.6 is 24.0 Å². The molecule has 7 nitrogen and oxygen atoms in total. The molecule has 0 bridgehead atoms. The van der Waals surface area contributed by atoms with Gasteiger partial charge in [-0.3, -0.25) is 9.79 Å². The average Bonchev–Trinajstić information content (AvgIpc) is 2.74. The van der Waals surface area contributed by atoms with E-state index in [1.807, 2.05) is 62.4 Å². The molecular weight excluding hydrogens is 507 g/mol. The van der Waals surface area contributed by atoms with Crippen LogP contribution < -0.4 is 25.0 Å². The highest BCUT2D eigenvalue weighted by Crippen LogP contribution is 2.31. The van der Waals surface area contributed by atoms with Gasteiger partial charge in [-0.15, -0.1) is 24.0 Å². The lowest BCUT2D eigenvalue weighted by Crippen LogP contribution is -2.43. The largest absolute Gasteiger partial charge is 0.489 e. The van der Waals surface area contributed by atoms with E-state index in [2.05, 4.69) is 15.6 Å². The summed E-state index contributed by atoms with van der Waals surface area (Å²) in [6, 6.07) is 15.6. The van der Waals surface area contributed by atoms with Gasteiger partial charge in [0.05, 0.1) is 12.2 Å². The number of aryl methyl sites for hydroxylation is 1. The summed E-state index contributed by atoms with van der Waals surface area (Å²) in [6.45, 7) is 6.10. The van der Waals surface area contributed by atoms with Gasteiger partial charge < -0.3 is 25.0 Å². The fourth-order valence-corrected chi connectivity index (χ4v) is 3.27. The van der Waals surface area contributed by atoms with E-state index in [1.54, 1.807) is 11.9 Å². The van der Waals surface area contributed by atoms with Gasteiger partial charge in [-0.2, -0.15) is 0 Å². The molecule has 1 heterocycles. The molecular formula is C23H31IN4O3. The monoisotopic (exact) mass is 538 g/mol. The summed E-state index contributed by atoms with van der Waals surface area (Å²) in [5.41, 5.74) is 2.00. The van der Waals surface area contributed by atoms with Gasteiger partial charge in [0.25, 0.3) is 5.91 Å². The second kappa shape index (κ2) is 12.4. The number of nitrogens with zero attached hydrogens (tertiary/aromatic N) is 2. The van der Waals surface area contributed by atoms with Gasteiger partial charge in [-0.1, -0.05) is 24.3 Å². The van der Waals surface area contributed by atoms with E-state index in [9.17, 15) is 4.79 Å². The van der Waals surface area contributed by atoms with E-state index in [4.69, 9.17) is 9.47 Å². The average molecular weight is 538 g/mol. The Kier molecular flexibility index (Phi) is 9.90. The first-order valence-electron chi connectivity index (χ1n) is 10.3. The molecule has 1 unspecified atom stereocenters. The van der Waals surface area contributed by atoms with Gasteiger partial charge in [0.1, 0.15) is 17.6 Å². The molecule has 0 radical (unpaired) electrons. The molecule has 1 aliphatic heterocycles. The summed E-state index contributed by atoms with van der Waals surface area (Å²) in [5.74, 6) is 2.31. The van der Waals surface area contributed by atoms with Crippen LogP contribution in [0.1, 0.15) is 18.9 Å². The molecule has 2 aromatic carbocycles. The number of halogens is 1. The molecule has 8 heteroatoms. The maximum atomic E-state index is 12.2. The van der Waals surface area contributed by atoms with Crippen LogP contribution in [0.25, 0.3) is 0 Å². The first kappa shape index (κ1) is 24.8. The highest BCUT2D eigenvalue weighted by molar-refractivity contribution is 14.0. The normalized spacial score (nSPS) is 14.1. The lowest BCUT2D eigenvalue weighted by Gasteiger charge is -2.29. The summed E-state index contributed by atoms with van der Waals surface area (Å²) in [6.07, 6.45) is 0.781. The number of benzene rings is 2. The number of carbonyl (C=O) groups excluding carboxylic acids is 1. The van der Waals surface area contributed by atoms with E-state index >= 15 is 0 Å². The minimum Gasteiger partial charge on any atom is -0.489 e. The van der Waals surface area contributed by atoms with Gasteiger partial charge in [0.15, 0.2) is 12.6 Å². The summed E-state index contributed by atoms with van der Waals surface area (Å²) in [5, 5.41) is 6.57. The summed E-state index contributed by atoms with van der Waals surface area (Å²) in [7, 11) is 1.74. The fourth-order valence-electron chi connectivity index (χ4n) is 3.27. The van der Waals surface area contributed by atoms with E-state index < -0.39 is 0 Å². The van der Waals surface area contributed by atoms with Crippen LogP contribution in [0.2, 0.25) is 0 Å². The van der Waals surface area contributed by atoms with Gasteiger partial charge in [-0.25, -0.2) is 0 Å². The van der Waals surface area contributed by atoms with Crippen LogP contribution in [-0.2, 0) is 4.79 Å². The van der Waals surface area contributed by atoms with Crippen molar-refractivity contribution >= 4 is 41.5 Å². The van der Waals surface area contributed by atoms with E-state index in [0.29, 0.717) is 25.6 Å². The van der Waals surface area contributed by atoms with E-state index in [-0.39, 0.29) is 42.6 Å². The predicted octanol–water partition coefficient (Wildman–Crippen LogP) is 3.36. The summed E-state index contributed by atoms with van der Waals surface area (Å²) < 4.78 is 11.4. The zero-order chi connectivity index (χ0) is 21.3. The molecule has 0 fully saturated rings. The molecule has 1 atom stereocenters. The zero-order valence-electron chi connectivity index (χ0n) is 18.3. The van der Waals surface area contributed by atoms with Crippen molar-refractivity contribution in [3.63, 3.8) is 0 Å². The topological polar surface area (TPSA) is 75.2 Å². The molecule has 1 amide bonds. The van der Waals surface area contributed by atoms with Gasteiger partial charge in [0, 0.05) is 20.1 Å². The van der Waals surface area contributed by atoms with Crippen molar-refractivity contribution in [2.45, 2.75) is 26.4 Å². The number of carbonyl (C=O) groups is 1. The summed E-state index contributed by atoms with van der Waals surface area (Å²) >= 11 is 0. The van der Waals surface area contributed by atoms with Crippen molar-refractivity contribution < 1.29 is 14.3 Å². The van der Waals surface area contributed by atoms with Gasteiger partial charge >= 0.3 is 0 Å². The molecule has 3 rings (SSSR count). The number of rotatable bonds is 8. The Balaban J connectivity index is 0.00000341. The Labute approximate surface area is 201 Å². The number of amides is 1. The molecule has 1 aliphatic rings. The van der Waals surface area contributed by atoms with Crippen molar-refractivity contribution in [1.29, 1.82) is 0 Å². The van der Waals surface area contributed by atoms with Crippen molar-refractivity contribution in [3.05, 3.63) is 54.1 Å². The number of anilines is 1. The predicted molar refractivity (Wildman–Crippen MR) is 135 cm³/mol. The number of ether oxygens (including phenoxy) is 2. The molecule has 0 aliphatic carbocycles. The molecule has 31 heavy (non-hydrogen) atoms. The minimum absolute atomic E-state index is 0. The first-order valence-corrected chi connectivity index (χ1v) is 10.3. The third-order valence-corrected chi connectivity index (χ3v) is 4.77. The third-order valence-electron chi connectivity index (χ3n) is 4.77. The van der Waals surface area contributed by atoms with Crippen molar-refractivity contribution in [3.8, 4) is 11.5 Å². The maximum absolute atomic E-state index is 12.2. The maximum Gasteiger partial charge on any atom is 0.265 e. The Hall–Kier alpha value is -2.49. The highest BCUT2D eigenvalue weighted by atomic mass is 127. The van der Waals surface area contributed by atoms with Crippen molar-refractivity contribution in [2.24, 2.45) is 4.99 Å². The molecule has 0 aromatic heterocycles. The lowest BCUT2D eigenvalue weighted by atomic mass is 10.2. The second-order valence-electron chi connectivity index (χ2n) is 7.28. The van der Waals surface area contributed by atoms with Crippen LogP contribution in [-0.4, -0.2) is 51.3 Å². The number of hydrogen-bond acceptors (Lipinski definition) is 4. The fraction of sp³-hybridized carbons (Fsp3) is 0.391.